The van der Waals surface area contributed by atoms with Crippen molar-refractivity contribution in [1.82, 2.24) is 4.90 Å². The Morgan fingerprint density at radius 3 is 2.62 bits per heavy atom. The van der Waals surface area contributed by atoms with Crippen LogP contribution in [0.1, 0.15) is 46.0 Å². The molecule has 0 spiro atoms. The van der Waals surface area contributed by atoms with E-state index >= 15 is 0 Å². The van der Waals surface area contributed by atoms with Crippen LogP contribution in [-0.4, -0.2) is 29.3 Å². The van der Waals surface area contributed by atoms with Gasteiger partial charge in [0, 0.05) is 6.04 Å². The zero-order chi connectivity index (χ0) is 9.84. The van der Waals surface area contributed by atoms with Crippen LogP contribution in [0.25, 0.3) is 0 Å². The fraction of sp³-hybridized carbons (Fsp3) is 1.00. The molecule has 1 rings (SSSR count). The Morgan fingerprint density at radius 2 is 2.08 bits per heavy atom. The van der Waals surface area contributed by atoms with Gasteiger partial charge in [0.2, 0.25) is 0 Å². The van der Waals surface area contributed by atoms with Gasteiger partial charge in [-0.05, 0) is 32.7 Å². The van der Waals surface area contributed by atoms with E-state index in [0.717, 1.165) is 12.3 Å². The van der Waals surface area contributed by atoms with E-state index in [1.165, 1.54) is 25.7 Å². The Balaban J connectivity index is 2.35. The van der Waals surface area contributed by atoms with E-state index in [1.807, 2.05) is 7.05 Å². The van der Waals surface area contributed by atoms with E-state index < -0.39 is 0 Å². The lowest BCUT2D eigenvalue weighted by Gasteiger charge is -2.39. The maximum Gasteiger partial charge on any atom is 0.107 e. The summed E-state index contributed by atoms with van der Waals surface area (Å²) in [5.41, 5.74) is 0. The Labute approximate surface area is 81.9 Å². The Kier molecular flexibility index (Phi) is 4.20. The third kappa shape index (κ3) is 2.96. The summed E-state index contributed by atoms with van der Waals surface area (Å²) >= 11 is 0. The van der Waals surface area contributed by atoms with Crippen molar-refractivity contribution in [2.24, 2.45) is 5.92 Å². The molecule has 13 heavy (non-hydrogen) atoms. The number of hydrogen-bond acceptors (Lipinski definition) is 2. The van der Waals surface area contributed by atoms with Crippen molar-refractivity contribution in [1.29, 1.82) is 0 Å². The van der Waals surface area contributed by atoms with Gasteiger partial charge >= 0.3 is 0 Å². The van der Waals surface area contributed by atoms with E-state index in [4.69, 9.17) is 0 Å². The lowest BCUT2D eigenvalue weighted by atomic mass is 9.87. The zero-order valence-corrected chi connectivity index (χ0v) is 9.16. The van der Waals surface area contributed by atoms with Crippen LogP contribution in [-0.2, 0) is 0 Å². The van der Waals surface area contributed by atoms with Crippen molar-refractivity contribution >= 4 is 0 Å². The molecule has 0 aromatic carbocycles. The van der Waals surface area contributed by atoms with E-state index in [1.54, 1.807) is 0 Å². The van der Waals surface area contributed by atoms with Crippen molar-refractivity contribution in [3.05, 3.63) is 0 Å². The van der Waals surface area contributed by atoms with Crippen LogP contribution in [0.15, 0.2) is 0 Å². The van der Waals surface area contributed by atoms with Crippen LogP contribution >= 0.6 is 0 Å². The third-order valence-electron chi connectivity index (χ3n) is 3.35. The molecule has 1 heterocycles. The topological polar surface area (TPSA) is 23.5 Å². The Hall–Kier alpha value is -0.0800. The summed E-state index contributed by atoms with van der Waals surface area (Å²) in [7, 11) is 2.02. The second kappa shape index (κ2) is 4.97. The number of piperidine rings is 1. The molecule has 1 aliphatic rings. The smallest absolute Gasteiger partial charge is 0.107 e. The molecule has 0 aromatic rings. The first-order valence-corrected chi connectivity index (χ1v) is 5.55. The van der Waals surface area contributed by atoms with Crippen LogP contribution in [0.4, 0.5) is 0 Å². The molecule has 0 unspecified atom stereocenters. The number of aliphatic hydroxyl groups is 1. The molecule has 78 valence electrons. The van der Waals surface area contributed by atoms with E-state index in [2.05, 4.69) is 18.7 Å². The maximum atomic E-state index is 9.74. The molecule has 2 heteroatoms. The van der Waals surface area contributed by atoms with Gasteiger partial charge < -0.3 is 5.11 Å². The average molecular weight is 185 g/mol. The largest absolute Gasteiger partial charge is 0.378 e. The van der Waals surface area contributed by atoms with Gasteiger partial charge in [0.15, 0.2) is 0 Å². The molecule has 1 aliphatic heterocycles. The SMILES string of the molecule is CCCC[C@H]1C[C@@H](O)N(C)[C@@H](C)C1. The fourth-order valence-electron chi connectivity index (χ4n) is 2.23. The van der Waals surface area contributed by atoms with E-state index in [9.17, 15) is 5.11 Å². The summed E-state index contributed by atoms with van der Waals surface area (Å²) in [4.78, 5) is 2.09. The lowest BCUT2D eigenvalue weighted by Crippen LogP contribution is -2.45. The summed E-state index contributed by atoms with van der Waals surface area (Å²) in [5.74, 6) is 0.751. The van der Waals surface area contributed by atoms with Crippen molar-refractivity contribution in [3.63, 3.8) is 0 Å². The molecular formula is C11H23NO. The van der Waals surface area contributed by atoms with Gasteiger partial charge in [-0.2, -0.15) is 0 Å². The van der Waals surface area contributed by atoms with Gasteiger partial charge in [-0.1, -0.05) is 26.2 Å². The molecule has 0 aliphatic carbocycles. The molecule has 1 saturated heterocycles. The quantitative estimate of drug-likeness (QED) is 0.729. The highest BCUT2D eigenvalue weighted by Crippen LogP contribution is 2.28. The van der Waals surface area contributed by atoms with Gasteiger partial charge in [0.25, 0.3) is 0 Å². The summed E-state index contributed by atoms with van der Waals surface area (Å²) in [5, 5.41) is 9.74. The highest BCUT2D eigenvalue weighted by molar-refractivity contribution is 4.79. The molecule has 0 bridgehead atoms. The van der Waals surface area contributed by atoms with Crippen molar-refractivity contribution in [2.75, 3.05) is 7.05 Å². The molecule has 1 N–H and O–H groups in total. The van der Waals surface area contributed by atoms with Crippen molar-refractivity contribution < 1.29 is 5.11 Å². The van der Waals surface area contributed by atoms with Crippen molar-refractivity contribution in [2.45, 2.75) is 58.2 Å². The summed E-state index contributed by atoms with van der Waals surface area (Å²) in [6, 6.07) is 0.547. The van der Waals surface area contributed by atoms with Gasteiger partial charge in [0.05, 0.1) is 0 Å². The van der Waals surface area contributed by atoms with Gasteiger partial charge in [-0.3, -0.25) is 4.90 Å². The first kappa shape index (κ1) is 11.0. The third-order valence-corrected chi connectivity index (χ3v) is 3.35. The van der Waals surface area contributed by atoms with Crippen LogP contribution in [0.2, 0.25) is 0 Å². The van der Waals surface area contributed by atoms with Gasteiger partial charge in [-0.15, -0.1) is 0 Å². The second-order valence-corrected chi connectivity index (χ2v) is 4.47. The summed E-state index contributed by atoms with van der Waals surface area (Å²) in [6.07, 6.45) is 5.91. The zero-order valence-electron chi connectivity index (χ0n) is 9.16. The van der Waals surface area contributed by atoms with Crippen LogP contribution in [0, 0.1) is 5.92 Å². The minimum atomic E-state index is -0.203. The second-order valence-electron chi connectivity index (χ2n) is 4.47. The Morgan fingerprint density at radius 1 is 1.38 bits per heavy atom. The minimum absolute atomic E-state index is 0.203. The highest BCUT2D eigenvalue weighted by atomic mass is 16.3. The molecule has 0 radical (unpaired) electrons. The molecule has 2 nitrogen and oxygen atoms in total. The summed E-state index contributed by atoms with van der Waals surface area (Å²) < 4.78 is 0. The van der Waals surface area contributed by atoms with Gasteiger partial charge in [-0.25, -0.2) is 0 Å². The van der Waals surface area contributed by atoms with E-state index in [0.29, 0.717) is 6.04 Å². The molecule has 0 amide bonds. The van der Waals surface area contributed by atoms with E-state index in [-0.39, 0.29) is 6.23 Å². The predicted molar refractivity (Wildman–Crippen MR) is 55.5 cm³/mol. The monoisotopic (exact) mass is 185 g/mol. The van der Waals surface area contributed by atoms with Crippen LogP contribution in [0.5, 0.6) is 0 Å². The Bertz CT molecular complexity index is 137. The molecule has 1 fully saturated rings. The molecular weight excluding hydrogens is 162 g/mol. The van der Waals surface area contributed by atoms with Crippen LogP contribution < -0.4 is 0 Å². The number of nitrogens with zero attached hydrogens (tertiary/aromatic N) is 1. The molecule has 0 aromatic heterocycles. The number of rotatable bonds is 3. The summed E-state index contributed by atoms with van der Waals surface area (Å²) in [6.45, 7) is 4.44. The van der Waals surface area contributed by atoms with Crippen molar-refractivity contribution in [3.8, 4) is 0 Å². The highest BCUT2D eigenvalue weighted by Gasteiger charge is 2.28. The number of hydrogen-bond donors (Lipinski definition) is 1. The van der Waals surface area contributed by atoms with Crippen LogP contribution in [0.3, 0.4) is 0 Å². The number of aliphatic hydroxyl groups excluding tert-OH is 1. The average Bonchev–Trinajstić information content (AvgIpc) is 2.10. The molecule has 3 atom stereocenters. The fourth-order valence-corrected chi connectivity index (χ4v) is 2.23. The standard InChI is InChI=1S/C11H23NO/c1-4-5-6-10-7-9(2)12(3)11(13)8-10/h9-11,13H,4-8H2,1-3H3/t9-,10+,11+/m0/s1. The predicted octanol–water partition coefficient (Wildman–Crippen LogP) is 2.23. The number of unbranched alkanes of at least 4 members (excludes halogenated alkanes) is 1. The minimum Gasteiger partial charge on any atom is -0.378 e. The first-order chi connectivity index (χ1) is 6.15. The first-order valence-electron chi connectivity index (χ1n) is 5.55. The van der Waals surface area contributed by atoms with Gasteiger partial charge in [0.1, 0.15) is 6.23 Å². The number of likely N-dealkylation sites (tertiary alicyclic amines) is 1. The molecule has 0 saturated carbocycles. The lowest BCUT2D eigenvalue weighted by molar-refractivity contribution is -0.0550. The maximum absolute atomic E-state index is 9.74. The normalized spacial score (nSPS) is 36.5.